The van der Waals surface area contributed by atoms with E-state index < -0.39 is 0 Å². The highest BCUT2D eigenvalue weighted by atomic mass is 16.2. The molecule has 1 saturated carbocycles. The monoisotopic (exact) mass is 274 g/mol. The van der Waals surface area contributed by atoms with Crippen LogP contribution >= 0.6 is 0 Å². The lowest BCUT2D eigenvalue weighted by Crippen LogP contribution is -2.28. The number of amides is 4. The zero-order valence-electron chi connectivity index (χ0n) is 10.8. The third-order valence-electron chi connectivity index (χ3n) is 4.18. The molecular formula is C14H14N2O4. The van der Waals surface area contributed by atoms with Crippen LogP contribution in [0.1, 0.15) is 25.7 Å². The predicted molar refractivity (Wildman–Crippen MR) is 67.9 cm³/mol. The molecule has 0 aromatic rings. The summed E-state index contributed by atoms with van der Waals surface area (Å²) < 4.78 is 0. The topological polar surface area (TPSA) is 92.3 Å². The highest BCUT2D eigenvalue weighted by Crippen LogP contribution is 2.38. The van der Waals surface area contributed by atoms with E-state index in [-0.39, 0.29) is 35.5 Å². The van der Waals surface area contributed by atoms with Crippen LogP contribution in [0.15, 0.2) is 23.3 Å². The largest absolute Gasteiger partial charge is 0.289 e. The Balaban J connectivity index is 1.66. The predicted octanol–water partition coefficient (Wildman–Crippen LogP) is -0.0416. The lowest BCUT2D eigenvalue weighted by atomic mass is 9.75. The molecule has 0 aromatic heterocycles. The van der Waals surface area contributed by atoms with Crippen LogP contribution in [-0.4, -0.2) is 23.6 Å². The number of hydrogen-bond donors (Lipinski definition) is 2. The molecule has 0 saturated heterocycles. The minimum absolute atomic E-state index is 0.0680. The molecule has 1 fully saturated rings. The highest BCUT2D eigenvalue weighted by molar-refractivity contribution is 6.17. The van der Waals surface area contributed by atoms with Gasteiger partial charge >= 0.3 is 0 Å². The number of rotatable bonds is 2. The first-order chi connectivity index (χ1) is 9.54. The normalized spacial score (nSPS) is 30.0. The van der Waals surface area contributed by atoms with E-state index in [2.05, 4.69) is 10.6 Å². The molecule has 6 heteroatoms. The van der Waals surface area contributed by atoms with Crippen molar-refractivity contribution in [2.75, 3.05) is 0 Å². The number of carbonyl (C=O) groups is 4. The van der Waals surface area contributed by atoms with Gasteiger partial charge in [-0.25, -0.2) is 0 Å². The van der Waals surface area contributed by atoms with Crippen molar-refractivity contribution in [2.45, 2.75) is 25.7 Å². The first-order valence-electron chi connectivity index (χ1n) is 6.68. The van der Waals surface area contributed by atoms with Crippen LogP contribution in [0.5, 0.6) is 0 Å². The summed E-state index contributed by atoms with van der Waals surface area (Å²) >= 11 is 0. The van der Waals surface area contributed by atoms with Crippen molar-refractivity contribution in [3.8, 4) is 0 Å². The van der Waals surface area contributed by atoms with Crippen molar-refractivity contribution in [3.05, 3.63) is 23.3 Å². The number of hydrogen-bond acceptors (Lipinski definition) is 4. The van der Waals surface area contributed by atoms with Gasteiger partial charge in [-0.15, -0.1) is 0 Å². The number of imide groups is 2. The molecule has 20 heavy (non-hydrogen) atoms. The molecule has 2 N–H and O–H groups in total. The summed E-state index contributed by atoms with van der Waals surface area (Å²) in [7, 11) is 0. The maximum Gasteiger partial charge on any atom is 0.254 e. The van der Waals surface area contributed by atoms with Gasteiger partial charge in [-0.1, -0.05) is 0 Å². The van der Waals surface area contributed by atoms with Crippen molar-refractivity contribution in [1.82, 2.24) is 10.6 Å². The Morgan fingerprint density at radius 1 is 0.700 bits per heavy atom. The molecule has 0 atom stereocenters. The summed E-state index contributed by atoms with van der Waals surface area (Å²) in [5, 5.41) is 4.51. The first-order valence-corrected chi connectivity index (χ1v) is 6.68. The summed E-state index contributed by atoms with van der Waals surface area (Å²) in [5.74, 6) is -1.17. The second-order valence-corrected chi connectivity index (χ2v) is 5.38. The van der Waals surface area contributed by atoms with Gasteiger partial charge in [-0.05, 0) is 37.5 Å². The molecule has 2 aliphatic heterocycles. The zero-order valence-corrected chi connectivity index (χ0v) is 10.8. The summed E-state index contributed by atoms with van der Waals surface area (Å²) in [5.41, 5.74) is 1.10. The lowest BCUT2D eigenvalue weighted by molar-refractivity contribution is -0.125. The van der Waals surface area contributed by atoms with E-state index in [0.29, 0.717) is 11.1 Å². The Labute approximate surface area is 115 Å². The van der Waals surface area contributed by atoms with Gasteiger partial charge in [-0.3, -0.25) is 29.8 Å². The number of nitrogens with one attached hydrogen (secondary N) is 2. The molecule has 4 amide bonds. The summed E-state index contributed by atoms with van der Waals surface area (Å²) in [6.07, 6.45) is 5.73. The fourth-order valence-corrected chi connectivity index (χ4v) is 3.18. The summed E-state index contributed by atoms with van der Waals surface area (Å²) in [6, 6.07) is 0. The maximum absolute atomic E-state index is 11.6. The maximum atomic E-state index is 11.6. The second kappa shape index (κ2) is 4.70. The smallest absolute Gasteiger partial charge is 0.254 e. The molecule has 6 nitrogen and oxygen atoms in total. The molecular weight excluding hydrogens is 260 g/mol. The van der Waals surface area contributed by atoms with E-state index in [9.17, 15) is 19.2 Å². The van der Waals surface area contributed by atoms with Gasteiger partial charge < -0.3 is 0 Å². The highest BCUT2D eigenvalue weighted by Gasteiger charge is 2.35. The molecule has 0 radical (unpaired) electrons. The molecule has 0 bridgehead atoms. The van der Waals surface area contributed by atoms with Crippen LogP contribution < -0.4 is 10.6 Å². The number of carbonyl (C=O) groups excluding carboxylic acids is 4. The summed E-state index contributed by atoms with van der Waals surface area (Å²) in [6.45, 7) is 0. The van der Waals surface area contributed by atoms with E-state index in [1.54, 1.807) is 0 Å². The van der Waals surface area contributed by atoms with Crippen LogP contribution in [0, 0.1) is 11.8 Å². The summed E-state index contributed by atoms with van der Waals surface area (Å²) in [4.78, 5) is 45.5. The van der Waals surface area contributed by atoms with E-state index in [0.717, 1.165) is 25.7 Å². The SMILES string of the molecule is O=C1C=C(C2CCC(C3=CC(=O)NC3=O)CC2)C(=O)N1. The molecule has 0 aromatic carbocycles. The van der Waals surface area contributed by atoms with Gasteiger partial charge in [0.25, 0.3) is 23.6 Å². The van der Waals surface area contributed by atoms with Crippen molar-refractivity contribution < 1.29 is 19.2 Å². The lowest BCUT2D eigenvalue weighted by Gasteiger charge is -2.28. The van der Waals surface area contributed by atoms with Crippen LogP contribution in [0.25, 0.3) is 0 Å². The average molecular weight is 274 g/mol. The Morgan fingerprint density at radius 3 is 1.30 bits per heavy atom. The van der Waals surface area contributed by atoms with Gasteiger partial charge in [-0.2, -0.15) is 0 Å². The third kappa shape index (κ3) is 2.17. The standard InChI is InChI=1S/C14H14N2O4/c17-11-5-9(13(19)15-11)7-1-2-8(4-3-7)10-6-12(18)16-14(10)20/h5-8H,1-4H2,(H,15,17,19)(H,16,18,20). The van der Waals surface area contributed by atoms with Gasteiger partial charge in [0.05, 0.1) is 0 Å². The van der Waals surface area contributed by atoms with E-state index in [1.807, 2.05) is 0 Å². The Morgan fingerprint density at radius 2 is 1.05 bits per heavy atom. The molecule has 3 rings (SSSR count). The average Bonchev–Trinajstić information content (AvgIpc) is 2.92. The van der Waals surface area contributed by atoms with E-state index in [4.69, 9.17) is 0 Å². The van der Waals surface area contributed by atoms with Crippen molar-refractivity contribution >= 4 is 23.6 Å². The fraction of sp³-hybridized carbons (Fsp3) is 0.429. The van der Waals surface area contributed by atoms with E-state index >= 15 is 0 Å². The van der Waals surface area contributed by atoms with Gasteiger partial charge in [0, 0.05) is 23.3 Å². The van der Waals surface area contributed by atoms with Gasteiger partial charge in [0.15, 0.2) is 0 Å². The molecule has 104 valence electrons. The Kier molecular flexibility index (Phi) is 3.00. The second-order valence-electron chi connectivity index (χ2n) is 5.38. The van der Waals surface area contributed by atoms with Gasteiger partial charge in [0.1, 0.15) is 0 Å². The Hall–Kier alpha value is -2.24. The van der Waals surface area contributed by atoms with Crippen LogP contribution in [-0.2, 0) is 19.2 Å². The van der Waals surface area contributed by atoms with E-state index in [1.165, 1.54) is 12.2 Å². The minimum atomic E-state index is -0.351. The third-order valence-corrected chi connectivity index (χ3v) is 4.18. The first kappa shape index (κ1) is 12.8. The quantitative estimate of drug-likeness (QED) is 0.691. The Bertz CT molecular complexity index is 528. The fourth-order valence-electron chi connectivity index (χ4n) is 3.18. The molecule has 3 aliphatic rings. The van der Waals surface area contributed by atoms with Crippen LogP contribution in [0.2, 0.25) is 0 Å². The van der Waals surface area contributed by atoms with Crippen molar-refractivity contribution in [2.24, 2.45) is 11.8 Å². The molecule has 1 aliphatic carbocycles. The van der Waals surface area contributed by atoms with Crippen molar-refractivity contribution in [1.29, 1.82) is 0 Å². The molecule has 0 spiro atoms. The van der Waals surface area contributed by atoms with Crippen molar-refractivity contribution in [3.63, 3.8) is 0 Å². The van der Waals surface area contributed by atoms with Gasteiger partial charge in [0.2, 0.25) is 0 Å². The molecule has 2 heterocycles. The minimum Gasteiger partial charge on any atom is -0.289 e. The molecule has 0 unspecified atom stereocenters. The van der Waals surface area contributed by atoms with Crippen LogP contribution in [0.3, 0.4) is 0 Å². The zero-order chi connectivity index (χ0) is 14.3. The van der Waals surface area contributed by atoms with Crippen LogP contribution in [0.4, 0.5) is 0 Å².